The number of nitrogens with zero attached hydrogens (tertiary/aromatic N) is 2. The summed E-state index contributed by atoms with van der Waals surface area (Å²) in [5.41, 5.74) is 0. The van der Waals surface area contributed by atoms with E-state index in [1.54, 1.807) is 6.20 Å². The molecule has 0 aliphatic carbocycles. The topological polar surface area (TPSA) is 37.8 Å². The number of nitrogens with one attached hydrogen (secondary N) is 1. The maximum absolute atomic E-state index is 5.71. The third-order valence-electron chi connectivity index (χ3n) is 2.12. The number of rotatable bonds is 6. The fourth-order valence-corrected chi connectivity index (χ4v) is 1.47. The first-order valence-electron chi connectivity index (χ1n) is 5.40. The van der Waals surface area contributed by atoms with Crippen LogP contribution in [0.1, 0.15) is 33.1 Å². The van der Waals surface area contributed by atoms with Crippen LogP contribution in [0.15, 0.2) is 12.4 Å². The molecule has 0 fully saturated rings. The van der Waals surface area contributed by atoms with Gasteiger partial charge in [-0.15, -0.1) is 0 Å². The molecule has 1 rings (SSSR count). The third-order valence-corrected chi connectivity index (χ3v) is 2.30. The molecule has 0 amide bonds. The van der Waals surface area contributed by atoms with Crippen LogP contribution < -0.4 is 5.32 Å². The zero-order valence-corrected chi connectivity index (χ0v) is 10.1. The quantitative estimate of drug-likeness (QED) is 0.758. The zero-order chi connectivity index (χ0) is 11.1. The van der Waals surface area contributed by atoms with E-state index in [0.29, 0.717) is 5.15 Å². The van der Waals surface area contributed by atoms with Crippen molar-refractivity contribution in [2.24, 2.45) is 5.92 Å². The second kappa shape index (κ2) is 6.62. The monoisotopic (exact) mass is 227 g/mol. The van der Waals surface area contributed by atoms with Crippen LogP contribution in [0.2, 0.25) is 5.15 Å². The van der Waals surface area contributed by atoms with Gasteiger partial charge >= 0.3 is 0 Å². The largest absolute Gasteiger partial charge is 0.369 e. The number of unbranched alkanes of at least 4 members (excludes halogenated alkanes) is 1. The summed E-state index contributed by atoms with van der Waals surface area (Å²) < 4.78 is 0. The van der Waals surface area contributed by atoms with Crippen LogP contribution in [0.25, 0.3) is 0 Å². The van der Waals surface area contributed by atoms with Gasteiger partial charge in [0.05, 0.1) is 12.4 Å². The molecular weight excluding hydrogens is 210 g/mol. The minimum absolute atomic E-state index is 0.433. The smallest absolute Gasteiger partial charge is 0.149 e. The molecular formula is C11H18ClN3. The average Bonchev–Trinajstić information content (AvgIpc) is 2.17. The minimum atomic E-state index is 0.433. The van der Waals surface area contributed by atoms with Crippen molar-refractivity contribution in [3.05, 3.63) is 17.5 Å². The third kappa shape index (κ3) is 5.57. The van der Waals surface area contributed by atoms with E-state index in [4.69, 9.17) is 11.6 Å². The maximum Gasteiger partial charge on any atom is 0.149 e. The summed E-state index contributed by atoms with van der Waals surface area (Å²) in [6.45, 7) is 5.42. The summed E-state index contributed by atoms with van der Waals surface area (Å²) in [7, 11) is 0. The highest BCUT2D eigenvalue weighted by Crippen LogP contribution is 2.08. The van der Waals surface area contributed by atoms with Crippen LogP contribution >= 0.6 is 11.6 Å². The van der Waals surface area contributed by atoms with Crippen molar-refractivity contribution in [3.8, 4) is 0 Å². The molecule has 0 aliphatic heterocycles. The highest BCUT2D eigenvalue weighted by molar-refractivity contribution is 6.29. The first-order chi connectivity index (χ1) is 7.18. The Morgan fingerprint density at radius 1 is 1.33 bits per heavy atom. The number of aromatic nitrogens is 2. The highest BCUT2D eigenvalue weighted by atomic mass is 35.5. The molecule has 0 bridgehead atoms. The highest BCUT2D eigenvalue weighted by Gasteiger charge is 1.96. The predicted octanol–water partition coefficient (Wildman–Crippen LogP) is 3.37. The van der Waals surface area contributed by atoms with Gasteiger partial charge < -0.3 is 5.32 Å². The van der Waals surface area contributed by atoms with Crippen LogP contribution in [0, 0.1) is 5.92 Å². The molecule has 0 unspecified atom stereocenters. The lowest BCUT2D eigenvalue weighted by Crippen LogP contribution is -2.04. The Labute approximate surface area is 96.3 Å². The van der Waals surface area contributed by atoms with Gasteiger partial charge in [-0.25, -0.2) is 4.98 Å². The fraction of sp³-hybridized carbons (Fsp3) is 0.636. The molecule has 3 nitrogen and oxygen atoms in total. The molecule has 84 valence electrons. The van der Waals surface area contributed by atoms with Gasteiger partial charge in [0.1, 0.15) is 11.0 Å². The number of hydrogen-bond acceptors (Lipinski definition) is 3. The van der Waals surface area contributed by atoms with Crippen LogP contribution in [-0.2, 0) is 0 Å². The molecule has 0 saturated carbocycles. The molecule has 1 aromatic heterocycles. The van der Waals surface area contributed by atoms with E-state index in [2.05, 4.69) is 29.1 Å². The molecule has 0 atom stereocenters. The first-order valence-corrected chi connectivity index (χ1v) is 5.77. The molecule has 4 heteroatoms. The average molecular weight is 228 g/mol. The Bertz CT molecular complexity index is 289. The van der Waals surface area contributed by atoms with Crippen molar-refractivity contribution in [1.82, 2.24) is 9.97 Å². The van der Waals surface area contributed by atoms with Crippen molar-refractivity contribution >= 4 is 17.4 Å². The number of anilines is 1. The van der Waals surface area contributed by atoms with Gasteiger partial charge in [-0.2, -0.15) is 0 Å². The molecule has 1 N–H and O–H groups in total. The van der Waals surface area contributed by atoms with Crippen LogP contribution in [-0.4, -0.2) is 16.5 Å². The predicted molar refractivity (Wildman–Crippen MR) is 64.2 cm³/mol. The molecule has 1 heterocycles. The van der Waals surface area contributed by atoms with E-state index in [9.17, 15) is 0 Å². The van der Waals surface area contributed by atoms with Gasteiger partial charge in [-0.3, -0.25) is 4.98 Å². The standard InChI is InChI=1S/C11H18ClN3/c1-9(2)5-3-4-6-14-11-8-13-7-10(12)15-11/h7-9H,3-6H2,1-2H3,(H,14,15). The summed E-state index contributed by atoms with van der Waals surface area (Å²) in [6, 6.07) is 0. The Morgan fingerprint density at radius 2 is 2.13 bits per heavy atom. The summed E-state index contributed by atoms with van der Waals surface area (Å²) in [5.74, 6) is 1.54. The first kappa shape index (κ1) is 12.2. The van der Waals surface area contributed by atoms with Crippen molar-refractivity contribution in [3.63, 3.8) is 0 Å². The molecule has 0 radical (unpaired) electrons. The van der Waals surface area contributed by atoms with Crippen molar-refractivity contribution in [2.75, 3.05) is 11.9 Å². The SMILES string of the molecule is CC(C)CCCCNc1cncc(Cl)n1. The number of hydrogen-bond donors (Lipinski definition) is 1. The van der Waals surface area contributed by atoms with Gasteiger partial charge in [0.2, 0.25) is 0 Å². The molecule has 1 aromatic rings. The number of halogens is 1. The van der Waals surface area contributed by atoms with E-state index < -0.39 is 0 Å². The lowest BCUT2D eigenvalue weighted by Gasteiger charge is -2.06. The molecule has 0 saturated heterocycles. The van der Waals surface area contributed by atoms with Crippen molar-refractivity contribution in [1.29, 1.82) is 0 Å². The molecule has 0 aliphatic rings. The van der Waals surface area contributed by atoms with Crippen LogP contribution in [0.5, 0.6) is 0 Å². The van der Waals surface area contributed by atoms with E-state index in [1.807, 2.05) is 0 Å². The van der Waals surface area contributed by atoms with Crippen LogP contribution in [0.3, 0.4) is 0 Å². The van der Waals surface area contributed by atoms with Crippen LogP contribution in [0.4, 0.5) is 5.82 Å². The van der Waals surface area contributed by atoms with E-state index in [-0.39, 0.29) is 0 Å². The van der Waals surface area contributed by atoms with E-state index in [1.165, 1.54) is 19.0 Å². The Kier molecular flexibility index (Phi) is 5.40. The summed E-state index contributed by atoms with van der Waals surface area (Å²) in [5, 5.41) is 3.63. The van der Waals surface area contributed by atoms with Gasteiger partial charge in [0.15, 0.2) is 0 Å². The molecule has 15 heavy (non-hydrogen) atoms. The second-order valence-corrected chi connectivity index (χ2v) is 4.43. The Balaban J connectivity index is 2.15. The van der Waals surface area contributed by atoms with Gasteiger partial charge in [0, 0.05) is 6.54 Å². The molecule has 0 aromatic carbocycles. The van der Waals surface area contributed by atoms with E-state index >= 15 is 0 Å². The normalized spacial score (nSPS) is 10.7. The zero-order valence-electron chi connectivity index (χ0n) is 9.33. The van der Waals surface area contributed by atoms with Gasteiger partial charge in [-0.1, -0.05) is 38.3 Å². The summed E-state index contributed by atoms with van der Waals surface area (Å²) >= 11 is 5.71. The van der Waals surface area contributed by atoms with Crippen molar-refractivity contribution in [2.45, 2.75) is 33.1 Å². The fourth-order valence-electron chi connectivity index (χ4n) is 1.32. The minimum Gasteiger partial charge on any atom is -0.369 e. The Morgan fingerprint density at radius 3 is 2.80 bits per heavy atom. The summed E-state index contributed by atoms with van der Waals surface area (Å²) in [6.07, 6.45) is 6.91. The Hall–Kier alpha value is -0.830. The van der Waals surface area contributed by atoms with Gasteiger partial charge in [0.25, 0.3) is 0 Å². The van der Waals surface area contributed by atoms with Gasteiger partial charge in [-0.05, 0) is 12.3 Å². The lowest BCUT2D eigenvalue weighted by molar-refractivity contribution is 0.544. The summed E-state index contributed by atoms with van der Waals surface area (Å²) in [4.78, 5) is 8.05. The molecule has 0 spiro atoms. The maximum atomic E-state index is 5.71. The van der Waals surface area contributed by atoms with E-state index in [0.717, 1.165) is 24.7 Å². The van der Waals surface area contributed by atoms with Crippen molar-refractivity contribution < 1.29 is 0 Å². The second-order valence-electron chi connectivity index (χ2n) is 4.04. The lowest BCUT2D eigenvalue weighted by atomic mass is 10.1.